The maximum Gasteiger partial charge on any atom is 0.263 e. The minimum atomic E-state index is -0.321. The van der Waals surface area contributed by atoms with E-state index in [2.05, 4.69) is 5.16 Å². The average molecular weight is 416 g/mol. The molecule has 7 nitrogen and oxygen atoms in total. The Morgan fingerprint density at radius 2 is 1.87 bits per heavy atom. The zero-order valence-corrected chi connectivity index (χ0v) is 17.0. The van der Waals surface area contributed by atoms with Crippen molar-refractivity contribution in [2.24, 2.45) is 5.16 Å². The number of carbonyl (C=O) groups excluding carboxylic acids is 1. The van der Waals surface area contributed by atoms with Gasteiger partial charge in [0.1, 0.15) is 30.0 Å². The van der Waals surface area contributed by atoms with Crippen molar-refractivity contribution in [2.75, 3.05) is 40.0 Å². The molecule has 0 radical (unpaired) electrons. The molecule has 0 saturated carbocycles. The fourth-order valence-electron chi connectivity index (χ4n) is 2.93. The second kappa shape index (κ2) is 10.6. The van der Waals surface area contributed by atoms with Crippen LogP contribution in [0.25, 0.3) is 0 Å². The molecule has 1 aliphatic rings. The number of hydrogen-bond donors (Lipinski definition) is 0. The van der Waals surface area contributed by atoms with Crippen LogP contribution in [0.4, 0.5) is 4.39 Å². The first-order valence-corrected chi connectivity index (χ1v) is 9.64. The highest BCUT2D eigenvalue weighted by Crippen LogP contribution is 2.14. The molecule has 0 aromatic heterocycles. The van der Waals surface area contributed by atoms with Crippen molar-refractivity contribution < 1.29 is 28.2 Å². The number of carbonyl (C=O) groups is 1. The molecule has 0 spiro atoms. The van der Waals surface area contributed by atoms with Crippen LogP contribution >= 0.6 is 0 Å². The predicted molar refractivity (Wildman–Crippen MR) is 109 cm³/mol. The van der Waals surface area contributed by atoms with Crippen molar-refractivity contribution >= 4 is 11.6 Å². The van der Waals surface area contributed by atoms with Crippen LogP contribution in [0.15, 0.2) is 53.7 Å². The fraction of sp³-hybridized carbons (Fsp3) is 0.364. The summed E-state index contributed by atoms with van der Waals surface area (Å²) in [5, 5.41) is 4.03. The summed E-state index contributed by atoms with van der Waals surface area (Å²) in [5.74, 6) is 0.817. The summed E-state index contributed by atoms with van der Waals surface area (Å²) in [4.78, 5) is 19.4. The van der Waals surface area contributed by atoms with Crippen LogP contribution < -0.4 is 9.47 Å². The van der Waals surface area contributed by atoms with E-state index in [-0.39, 0.29) is 31.0 Å². The molecule has 1 aliphatic heterocycles. The van der Waals surface area contributed by atoms with E-state index in [0.29, 0.717) is 31.2 Å². The van der Waals surface area contributed by atoms with Crippen molar-refractivity contribution in [1.29, 1.82) is 0 Å². The molecule has 160 valence electrons. The molecule has 1 amide bonds. The maximum absolute atomic E-state index is 13.0. The fourth-order valence-corrected chi connectivity index (χ4v) is 2.93. The van der Waals surface area contributed by atoms with Gasteiger partial charge >= 0.3 is 0 Å². The van der Waals surface area contributed by atoms with Gasteiger partial charge < -0.3 is 23.9 Å². The summed E-state index contributed by atoms with van der Waals surface area (Å²) in [7, 11) is 1.61. The predicted octanol–water partition coefficient (Wildman–Crippen LogP) is 2.88. The van der Waals surface area contributed by atoms with Crippen molar-refractivity contribution in [3.8, 4) is 11.5 Å². The van der Waals surface area contributed by atoms with E-state index in [0.717, 1.165) is 11.3 Å². The lowest BCUT2D eigenvalue weighted by molar-refractivity contribution is -0.144. The summed E-state index contributed by atoms with van der Waals surface area (Å²) in [6, 6.07) is 13.2. The number of benzene rings is 2. The molecule has 0 N–H and O–H groups in total. The summed E-state index contributed by atoms with van der Waals surface area (Å²) in [6.45, 7) is 3.21. The Morgan fingerprint density at radius 1 is 1.17 bits per heavy atom. The number of morpholine rings is 1. The lowest BCUT2D eigenvalue weighted by Gasteiger charge is -2.32. The zero-order chi connectivity index (χ0) is 21.3. The van der Waals surface area contributed by atoms with E-state index in [1.165, 1.54) is 12.1 Å². The Bertz CT molecular complexity index is 855. The van der Waals surface area contributed by atoms with E-state index in [1.54, 1.807) is 24.1 Å². The number of ether oxygens (including phenoxy) is 3. The molecule has 1 unspecified atom stereocenters. The molecule has 1 fully saturated rings. The van der Waals surface area contributed by atoms with E-state index in [4.69, 9.17) is 19.0 Å². The van der Waals surface area contributed by atoms with E-state index in [1.807, 2.05) is 31.2 Å². The molecule has 2 aromatic carbocycles. The molecule has 8 heteroatoms. The monoisotopic (exact) mass is 416 g/mol. The first-order valence-electron chi connectivity index (χ1n) is 9.64. The van der Waals surface area contributed by atoms with Crippen LogP contribution in [-0.4, -0.2) is 62.6 Å². The van der Waals surface area contributed by atoms with Crippen LogP contribution in [0, 0.1) is 5.82 Å². The first kappa shape index (κ1) is 21.6. The molecule has 2 aromatic rings. The number of oxime groups is 1. The van der Waals surface area contributed by atoms with Crippen LogP contribution in [0.3, 0.4) is 0 Å². The number of methoxy groups -OCH3 is 1. The number of hydrogen-bond acceptors (Lipinski definition) is 6. The normalized spacial score (nSPS) is 16.8. The lowest BCUT2D eigenvalue weighted by Crippen LogP contribution is -2.48. The summed E-state index contributed by atoms with van der Waals surface area (Å²) < 4.78 is 29.3. The summed E-state index contributed by atoms with van der Waals surface area (Å²) in [5.41, 5.74) is 1.55. The lowest BCUT2D eigenvalue weighted by atomic mass is 10.1. The largest absolute Gasteiger partial charge is 0.497 e. The van der Waals surface area contributed by atoms with Crippen molar-refractivity contribution in [3.63, 3.8) is 0 Å². The molecule has 1 heterocycles. The van der Waals surface area contributed by atoms with Gasteiger partial charge in [-0.05, 0) is 61.0 Å². The second-order valence-corrected chi connectivity index (χ2v) is 6.78. The van der Waals surface area contributed by atoms with Crippen molar-refractivity contribution in [3.05, 3.63) is 59.9 Å². The van der Waals surface area contributed by atoms with Crippen LogP contribution in [0.5, 0.6) is 11.5 Å². The van der Waals surface area contributed by atoms with Gasteiger partial charge in [0.15, 0.2) is 6.61 Å². The Kier molecular flexibility index (Phi) is 7.62. The smallest absolute Gasteiger partial charge is 0.263 e. The van der Waals surface area contributed by atoms with Gasteiger partial charge in [0, 0.05) is 6.54 Å². The van der Waals surface area contributed by atoms with Gasteiger partial charge in [0.25, 0.3) is 5.91 Å². The third kappa shape index (κ3) is 6.18. The van der Waals surface area contributed by atoms with Gasteiger partial charge in [0.05, 0.1) is 26.0 Å². The van der Waals surface area contributed by atoms with Gasteiger partial charge in [-0.2, -0.15) is 0 Å². The van der Waals surface area contributed by atoms with Gasteiger partial charge in [-0.1, -0.05) is 5.16 Å². The minimum Gasteiger partial charge on any atom is -0.497 e. The highest BCUT2D eigenvalue weighted by molar-refractivity contribution is 5.98. The molecular weight excluding hydrogens is 391 g/mol. The molecule has 30 heavy (non-hydrogen) atoms. The number of halogens is 1. The second-order valence-electron chi connectivity index (χ2n) is 6.78. The average Bonchev–Trinajstić information content (AvgIpc) is 2.78. The molecule has 3 rings (SSSR count). The molecule has 0 aliphatic carbocycles. The number of nitrogens with zero attached hydrogens (tertiary/aromatic N) is 2. The SMILES string of the molecule is COc1ccc(/C(C)=N\OCC(=O)N2CCOC(COc3ccc(F)cc3)C2)cc1. The third-order valence-corrected chi connectivity index (χ3v) is 4.64. The van der Waals surface area contributed by atoms with Crippen molar-refractivity contribution in [1.82, 2.24) is 4.90 Å². The first-order chi connectivity index (χ1) is 14.5. The topological polar surface area (TPSA) is 69.6 Å². The van der Waals surface area contributed by atoms with Crippen molar-refractivity contribution in [2.45, 2.75) is 13.0 Å². The summed E-state index contributed by atoms with van der Waals surface area (Å²) in [6.07, 6.45) is -0.266. The van der Waals surface area contributed by atoms with E-state index in [9.17, 15) is 9.18 Å². The number of amides is 1. The molecular formula is C22H25FN2O5. The summed E-state index contributed by atoms with van der Waals surface area (Å²) >= 11 is 0. The van der Waals surface area contributed by atoms with E-state index < -0.39 is 0 Å². The molecule has 1 atom stereocenters. The number of rotatable bonds is 8. The van der Waals surface area contributed by atoms with Gasteiger partial charge in [-0.25, -0.2) is 4.39 Å². The molecule has 0 bridgehead atoms. The van der Waals surface area contributed by atoms with Gasteiger partial charge in [-0.3, -0.25) is 4.79 Å². The zero-order valence-electron chi connectivity index (χ0n) is 17.0. The van der Waals surface area contributed by atoms with Crippen LogP contribution in [0.1, 0.15) is 12.5 Å². The van der Waals surface area contributed by atoms with Gasteiger partial charge in [0.2, 0.25) is 0 Å². The third-order valence-electron chi connectivity index (χ3n) is 4.64. The quantitative estimate of drug-likeness (QED) is 0.489. The highest BCUT2D eigenvalue weighted by atomic mass is 19.1. The van der Waals surface area contributed by atoms with Gasteiger partial charge in [-0.15, -0.1) is 0 Å². The van der Waals surface area contributed by atoms with Crippen LogP contribution in [-0.2, 0) is 14.4 Å². The Hall–Kier alpha value is -3.13. The Labute approximate surface area is 175 Å². The standard InChI is InChI=1S/C22H25FN2O5/c1-16(17-3-7-19(27-2)8-4-17)24-30-15-22(26)25-11-12-28-21(13-25)14-29-20-9-5-18(23)6-10-20/h3-10,21H,11-15H2,1-2H3/b24-16-. The Balaban J connectivity index is 1.44. The Morgan fingerprint density at radius 3 is 2.57 bits per heavy atom. The minimum absolute atomic E-state index is 0.154. The van der Waals surface area contributed by atoms with E-state index >= 15 is 0 Å². The van der Waals surface area contributed by atoms with Crippen LogP contribution in [0.2, 0.25) is 0 Å². The molecule has 1 saturated heterocycles. The maximum atomic E-state index is 13.0. The highest BCUT2D eigenvalue weighted by Gasteiger charge is 2.25.